The zero-order valence-corrected chi connectivity index (χ0v) is 13.8. The van der Waals surface area contributed by atoms with Crippen LogP contribution in [0.3, 0.4) is 0 Å². The van der Waals surface area contributed by atoms with Gasteiger partial charge in [-0.25, -0.2) is 14.4 Å². The number of aromatic nitrogens is 2. The van der Waals surface area contributed by atoms with Gasteiger partial charge in [0.15, 0.2) is 0 Å². The molecule has 1 fully saturated rings. The molecule has 4 rings (SSSR count). The molecule has 7 heteroatoms. The first-order valence-corrected chi connectivity index (χ1v) is 8.16. The molecule has 1 aromatic heterocycles. The lowest BCUT2D eigenvalue weighted by Gasteiger charge is -2.33. The molecule has 3 heterocycles. The Morgan fingerprint density at radius 1 is 1.24 bits per heavy atom. The summed E-state index contributed by atoms with van der Waals surface area (Å²) in [6, 6.07) is 5.58. The molecule has 0 radical (unpaired) electrons. The number of carbonyl (C=O) groups excluding carboxylic acids is 1. The Balaban J connectivity index is 1.64. The third-order valence-corrected chi connectivity index (χ3v) is 4.59. The van der Waals surface area contributed by atoms with E-state index in [2.05, 4.69) is 14.9 Å². The molecular formula is C18H16FN5O. The van der Waals surface area contributed by atoms with Gasteiger partial charge in [-0.05, 0) is 31.5 Å². The van der Waals surface area contributed by atoms with Crippen LogP contribution in [-0.2, 0) is 13.1 Å². The first-order chi connectivity index (χ1) is 12.0. The van der Waals surface area contributed by atoms with Crippen molar-refractivity contribution in [2.24, 2.45) is 0 Å². The van der Waals surface area contributed by atoms with Crippen molar-refractivity contribution in [3.8, 4) is 6.07 Å². The van der Waals surface area contributed by atoms with E-state index in [9.17, 15) is 9.18 Å². The highest BCUT2D eigenvalue weighted by Crippen LogP contribution is 2.32. The Bertz CT molecular complexity index is 916. The number of halogens is 1. The van der Waals surface area contributed by atoms with Gasteiger partial charge in [0, 0.05) is 24.2 Å². The Morgan fingerprint density at radius 2 is 2.04 bits per heavy atom. The van der Waals surface area contributed by atoms with Gasteiger partial charge in [-0.3, -0.25) is 4.79 Å². The summed E-state index contributed by atoms with van der Waals surface area (Å²) in [5.41, 5.74) is 2.13. The molecule has 1 saturated heterocycles. The fourth-order valence-corrected chi connectivity index (χ4v) is 3.25. The number of benzene rings is 1. The van der Waals surface area contributed by atoms with Crippen LogP contribution in [0.2, 0.25) is 0 Å². The molecule has 6 nitrogen and oxygen atoms in total. The molecule has 1 amide bonds. The van der Waals surface area contributed by atoms with E-state index in [0.717, 1.165) is 42.7 Å². The van der Waals surface area contributed by atoms with E-state index in [1.165, 1.54) is 12.1 Å². The van der Waals surface area contributed by atoms with Crippen LogP contribution in [0.15, 0.2) is 18.2 Å². The van der Waals surface area contributed by atoms with Crippen molar-refractivity contribution >= 4 is 11.7 Å². The van der Waals surface area contributed by atoms with Crippen molar-refractivity contribution in [2.45, 2.75) is 26.4 Å². The average Bonchev–Trinajstić information content (AvgIpc) is 2.95. The standard InChI is InChI=1S/C18H16FN5O/c1-11-21-16-10-24(9-15(16)17(22-11)23-3-2-4-23)18(25)13-5-12(8-20)6-14(19)7-13/h5-7H,2-4,9-10H2,1H3. The van der Waals surface area contributed by atoms with Crippen molar-refractivity contribution in [1.29, 1.82) is 5.26 Å². The van der Waals surface area contributed by atoms with Gasteiger partial charge in [0.2, 0.25) is 0 Å². The second-order valence-electron chi connectivity index (χ2n) is 6.36. The monoisotopic (exact) mass is 337 g/mol. The van der Waals surface area contributed by atoms with E-state index in [1.807, 2.05) is 13.0 Å². The topological polar surface area (TPSA) is 73.1 Å². The molecule has 0 spiro atoms. The summed E-state index contributed by atoms with van der Waals surface area (Å²) in [5.74, 6) is 0.700. The van der Waals surface area contributed by atoms with Gasteiger partial charge < -0.3 is 9.80 Å². The van der Waals surface area contributed by atoms with E-state index < -0.39 is 5.82 Å². The normalized spacial score (nSPS) is 15.6. The number of amides is 1. The van der Waals surface area contributed by atoms with E-state index >= 15 is 0 Å². The van der Waals surface area contributed by atoms with Gasteiger partial charge in [-0.1, -0.05) is 0 Å². The largest absolute Gasteiger partial charge is 0.356 e. The lowest BCUT2D eigenvalue weighted by atomic mass is 10.1. The van der Waals surface area contributed by atoms with Gasteiger partial charge in [-0.15, -0.1) is 0 Å². The molecule has 0 unspecified atom stereocenters. The van der Waals surface area contributed by atoms with Gasteiger partial charge in [0.1, 0.15) is 17.5 Å². The third kappa shape index (κ3) is 2.70. The van der Waals surface area contributed by atoms with Crippen LogP contribution in [-0.4, -0.2) is 33.9 Å². The zero-order valence-electron chi connectivity index (χ0n) is 13.8. The lowest BCUT2D eigenvalue weighted by molar-refractivity contribution is 0.0750. The first kappa shape index (κ1) is 15.5. The SMILES string of the molecule is Cc1nc2c(c(N3CCC3)n1)CN(C(=O)c1cc(F)cc(C#N)c1)C2. The average molecular weight is 337 g/mol. The fourth-order valence-electron chi connectivity index (χ4n) is 3.25. The molecule has 1 aromatic carbocycles. The van der Waals surface area contributed by atoms with E-state index in [4.69, 9.17) is 5.26 Å². The van der Waals surface area contributed by atoms with Crippen LogP contribution < -0.4 is 4.90 Å². The second-order valence-corrected chi connectivity index (χ2v) is 6.36. The molecule has 126 valence electrons. The van der Waals surface area contributed by atoms with E-state index in [1.54, 1.807) is 4.90 Å². The molecule has 2 aliphatic rings. The van der Waals surface area contributed by atoms with Crippen molar-refractivity contribution < 1.29 is 9.18 Å². The summed E-state index contributed by atoms with van der Waals surface area (Å²) in [6.07, 6.45) is 1.14. The molecule has 0 aliphatic carbocycles. The minimum atomic E-state index is -0.587. The van der Waals surface area contributed by atoms with Crippen molar-refractivity contribution in [3.63, 3.8) is 0 Å². The maximum atomic E-state index is 13.7. The number of anilines is 1. The van der Waals surface area contributed by atoms with Crippen molar-refractivity contribution in [1.82, 2.24) is 14.9 Å². The van der Waals surface area contributed by atoms with Crippen molar-refractivity contribution in [3.05, 3.63) is 52.2 Å². The van der Waals surface area contributed by atoms with Crippen LogP contribution in [0.25, 0.3) is 0 Å². The fraction of sp³-hybridized carbons (Fsp3) is 0.333. The molecule has 0 N–H and O–H groups in total. The third-order valence-electron chi connectivity index (χ3n) is 4.59. The lowest BCUT2D eigenvalue weighted by Crippen LogP contribution is -2.38. The number of nitriles is 1. The number of hydrogen-bond donors (Lipinski definition) is 0. The molecule has 2 aliphatic heterocycles. The number of fused-ring (bicyclic) bond motifs is 1. The van der Waals surface area contributed by atoms with Crippen LogP contribution in [0, 0.1) is 24.1 Å². The van der Waals surface area contributed by atoms with Gasteiger partial charge >= 0.3 is 0 Å². The molecular weight excluding hydrogens is 321 g/mol. The number of aryl methyl sites for hydroxylation is 1. The highest BCUT2D eigenvalue weighted by Gasteiger charge is 2.31. The van der Waals surface area contributed by atoms with E-state index in [0.29, 0.717) is 18.9 Å². The Kier molecular flexibility index (Phi) is 3.61. The van der Waals surface area contributed by atoms with E-state index in [-0.39, 0.29) is 17.0 Å². The Hall–Kier alpha value is -3.01. The predicted molar refractivity (Wildman–Crippen MR) is 88.3 cm³/mol. The first-order valence-electron chi connectivity index (χ1n) is 8.16. The quantitative estimate of drug-likeness (QED) is 0.840. The van der Waals surface area contributed by atoms with Crippen LogP contribution in [0.1, 0.15) is 39.4 Å². The maximum absolute atomic E-state index is 13.7. The number of rotatable bonds is 2. The maximum Gasteiger partial charge on any atom is 0.254 e. The predicted octanol–water partition coefficient (Wildman–Crippen LogP) is 2.16. The van der Waals surface area contributed by atoms with Gasteiger partial charge in [0.05, 0.1) is 30.4 Å². The summed E-state index contributed by atoms with van der Waals surface area (Å²) >= 11 is 0. The van der Waals surface area contributed by atoms with Gasteiger partial charge in [-0.2, -0.15) is 5.26 Å². The molecule has 0 atom stereocenters. The number of hydrogen-bond acceptors (Lipinski definition) is 5. The Morgan fingerprint density at radius 3 is 2.72 bits per heavy atom. The molecule has 2 aromatic rings. The second kappa shape index (κ2) is 5.81. The summed E-state index contributed by atoms with van der Waals surface area (Å²) in [6.45, 7) is 4.55. The molecule has 25 heavy (non-hydrogen) atoms. The minimum Gasteiger partial charge on any atom is -0.356 e. The highest BCUT2D eigenvalue weighted by atomic mass is 19.1. The summed E-state index contributed by atoms with van der Waals surface area (Å²) in [5, 5.41) is 8.97. The number of nitrogens with zero attached hydrogens (tertiary/aromatic N) is 5. The summed E-state index contributed by atoms with van der Waals surface area (Å²) < 4.78 is 13.7. The smallest absolute Gasteiger partial charge is 0.254 e. The van der Waals surface area contributed by atoms with Gasteiger partial charge in [0.25, 0.3) is 5.91 Å². The van der Waals surface area contributed by atoms with Crippen molar-refractivity contribution in [2.75, 3.05) is 18.0 Å². The minimum absolute atomic E-state index is 0.136. The Labute approximate surface area is 144 Å². The van der Waals surface area contributed by atoms with Crippen LogP contribution in [0.5, 0.6) is 0 Å². The highest BCUT2D eigenvalue weighted by molar-refractivity contribution is 5.95. The molecule has 0 saturated carbocycles. The number of carbonyl (C=O) groups is 1. The molecule has 0 bridgehead atoms. The summed E-state index contributed by atoms with van der Waals surface area (Å²) in [7, 11) is 0. The zero-order chi connectivity index (χ0) is 17.6. The summed E-state index contributed by atoms with van der Waals surface area (Å²) in [4.78, 5) is 25.6. The van der Waals surface area contributed by atoms with Crippen LogP contribution in [0.4, 0.5) is 10.2 Å². The van der Waals surface area contributed by atoms with Crippen LogP contribution >= 0.6 is 0 Å².